The molecule has 0 unspecified atom stereocenters. The monoisotopic (exact) mass is 370 g/mol. The third-order valence-electron chi connectivity index (χ3n) is 4.55. The molecular weight excluding hydrogens is 352 g/mol. The first-order valence-corrected chi connectivity index (χ1v) is 8.57. The maximum atomic E-state index is 13.1. The number of ether oxygens (including phenoxy) is 5. The van der Waals surface area contributed by atoms with Crippen LogP contribution in [0.5, 0.6) is 23.0 Å². The molecule has 0 saturated carbocycles. The van der Waals surface area contributed by atoms with Crippen molar-refractivity contribution in [2.24, 2.45) is 5.92 Å². The zero-order chi connectivity index (χ0) is 19.0. The standard InChI is InChI=1S/C20H18O7/c1-3-24-12-5-7-14-13(9-12)18(21)17(20(22)23-2)19(27-14)11-4-6-15-16(8-11)26-10-25-15/h4-9,17,19H,3,10H2,1-2H3/t17-,19+/m0/s1. The van der Waals surface area contributed by atoms with Gasteiger partial charge in [-0.05, 0) is 42.8 Å². The molecule has 4 rings (SSSR count). The quantitative estimate of drug-likeness (QED) is 0.605. The van der Waals surface area contributed by atoms with Gasteiger partial charge in [-0.2, -0.15) is 0 Å². The number of hydrogen-bond acceptors (Lipinski definition) is 7. The molecule has 2 aromatic carbocycles. The number of fused-ring (bicyclic) bond motifs is 2. The van der Waals surface area contributed by atoms with Crippen LogP contribution in [0.15, 0.2) is 36.4 Å². The summed E-state index contributed by atoms with van der Waals surface area (Å²) in [6, 6.07) is 10.2. The first kappa shape index (κ1) is 17.2. The molecule has 2 heterocycles. The van der Waals surface area contributed by atoms with Crippen LogP contribution >= 0.6 is 0 Å². The van der Waals surface area contributed by atoms with Crippen molar-refractivity contribution in [3.8, 4) is 23.0 Å². The van der Waals surface area contributed by atoms with Crippen LogP contribution in [0.1, 0.15) is 28.9 Å². The molecule has 0 saturated heterocycles. The molecule has 0 amide bonds. The smallest absolute Gasteiger partial charge is 0.320 e. The molecule has 0 aromatic heterocycles. The fourth-order valence-electron chi connectivity index (χ4n) is 3.28. The van der Waals surface area contributed by atoms with Crippen LogP contribution in [-0.2, 0) is 9.53 Å². The van der Waals surface area contributed by atoms with Crippen molar-refractivity contribution in [1.29, 1.82) is 0 Å². The molecule has 2 atom stereocenters. The van der Waals surface area contributed by atoms with E-state index in [1.54, 1.807) is 36.4 Å². The molecule has 2 aliphatic rings. The molecule has 0 aliphatic carbocycles. The number of ketones is 1. The van der Waals surface area contributed by atoms with Gasteiger partial charge in [0.25, 0.3) is 0 Å². The van der Waals surface area contributed by atoms with Crippen molar-refractivity contribution >= 4 is 11.8 Å². The average molecular weight is 370 g/mol. The van der Waals surface area contributed by atoms with Crippen LogP contribution in [0.3, 0.4) is 0 Å². The Morgan fingerprint density at radius 3 is 2.67 bits per heavy atom. The molecule has 0 N–H and O–H groups in total. The Labute approximate surface area is 155 Å². The number of esters is 1. The topological polar surface area (TPSA) is 80.3 Å². The van der Waals surface area contributed by atoms with Crippen LogP contribution in [0.2, 0.25) is 0 Å². The van der Waals surface area contributed by atoms with Gasteiger partial charge in [0.2, 0.25) is 6.79 Å². The number of carbonyl (C=O) groups excluding carboxylic acids is 2. The highest BCUT2D eigenvalue weighted by molar-refractivity contribution is 6.11. The van der Waals surface area contributed by atoms with Crippen LogP contribution in [0.25, 0.3) is 0 Å². The van der Waals surface area contributed by atoms with Gasteiger partial charge in [0, 0.05) is 0 Å². The minimum Gasteiger partial charge on any atom is -0.494 e. The van der Waals surface area contributed by atoms with Crippen LogP contribution in [-0.4, -0.2) is 32.3 Å². The third kappa shape index (κ3) is 2.95. The number of methoxy groups -OCH3 is 1. The lowest BCUT2D eigenvalue weighted by atomic mass is 9.85. The van der Waals surface area contributed by atoms with E-state index in [9.17, 15) is 9.59 Å². The van der Waals surface area contributed by atoms with Crippen molar-refractivity contribution in [1.82, 2.24) is 0 Å². The molecule has 0 bridgehead atoms. The largest absolute Gasteiger partial charge is 0.494 e. The van der Waals surface area contributed by atoms with Gasteiger partial charge in [0.15, 0.2) is 23.2 Å². The summed E-state index contributed by atoms with van der Waals surface area (Å²) in [4.78, 5) is 25.5. The molecule has 140 valence electrons. The Kier molecular flexibility index (Phi) is 4.35. The molecule has 2 aromatic rings. The number of carbonyl (C=O) groups is 2. The van der Waals surface area contributed by atoms with Crippen molar-refractivity contribution in [3.05, 3.63) is 47.5 Å². The van der Waals surface area contributed by atoms with E-state index < -0.39 is 18.0 Å². The number of hydrogen-bond donors (Lipinski definition) is 0. The Hall–Kier alpha value is -3.22. The molecule has 2 aliphatic heterocycles. The number of benzene rings is 2. The SMILES string of the molecule is CCOc1ccc2c(c1)C(=O)[C@H](C(=O)OC)[C@@H](c1ccc3c(c1)OCO3)O2. The van der Waals surface area contributed by atoms with Gasteiger partial charge < -0.3 is 23.7 Å². The Balaban J connectivity index is 1.76. The fourth-order valence-corrected chi connectivity index (χ4v) is 3.28. The lowest BCUT2D eigenvalue weighted by Crippen LogP contribution is -2.37. The first-order valence-electron chi connectivity index (χ1n) is 8.57. The van der Waals surface area contributed by atoms with Crippen LogP contribution in [0, 0.1) is 5.92 Å². The molecule has 7 heteroatoms. The normalized spacial score (nSPS) is 19.9. The van der Waals surface area contributed by atoms with Gasteiger partial charge >= 0.3 is 5.97 Å². The van der Waals surface area contributed by atoms with Crippen molar-refractivity contribution in [2.45, 2.75) is 13.0 Å². The van der Waals surface area contributed by atoms with E-state index in [0.29, 0.717) is 40.7 Å². The van der Waals surface area contributed by atoms with E-state index in [-0.39, 0.29) is 12.6 Å². The average Bonchev–Trinajstić information content (AvgIpc) is 3.15. The maximum Gasteiger partial charge on any atom is 0.320 e. The second-order valence-electron chi connectivity index (χ2n) is 6.11. The van der Waals surface area contributed by atoms with Crippen molar-refractivity contribution in [2.75, 3.05) is 20.5 Å². The van der Waals surface area contributed by atoms with Gasteiger partial charge in [0.1, 0.15) is 17.6 Å². The van der Waals surface area contributed by atoms with E-state index in [1.165, 1.54) is 7.11 Å². The summed E-state index contributed by atoms with van der Waals surface area (Å²) in [6.07, 6.45) is -0.829. The highest BCUT2D eigenvalue weighted by Crippen LogP contribution is 2.43. The summed E-state index contributed by atoms with van der Waals surface area (Å²) >= 11 is 0. The van der Waals surface area contributed by atoms with E-state index >= 15 is 0 Å². The Bertz CT molecular complexity index is 905. The van der Waals surface area contributed by atoms with Gasteiger partial charge in [0.05, 0.1) is 19.3 Å². The lowest BCUT2D eigenvalue weighted by molar-refractivity contribution is -0.146. The maximum absolute atomic E-state index is 13.1. The summed E-state index contributed by atoms with van der Waals surface area (Å²) in [5, 5.41) is 0. The Morgan fingerprint density at radius 1 is 1.11 bits per heavy atom. The lowest BCUT2D eigenvalue weighted by Gasteiger charge is -2.31. The number of rotatable bonds is 4. The number of Topliss-reactive ketones (excluding diaryl/α,β-unsaturated/α-hetero) is 1. The molecule has 0 spiro atoms. The third-order valence-corrected chi connectivity index (χ3v) is 4.55. The fraction of sp³-hybridized carbons (Fsp3) is 0.300. The molecular formula is C20H18O7. The van der Waals surface area contributed by atoms with Gasteiger partial charge in [-0.15, -0.1) is 0 Å². The van der Waals surface area contributed by atoms with E-state index in [1.807, 2.05) is 6.92 Å². The van der Waals surface area contributed by atoms with Crippen molar-refractivity contribution < 1.29 is 33.3 Å². The summed E-state index contributed by atoms with van der Waals surface area (Å²) in [6.45, 7) is 2.45. The van der Waals surface area contributed by atoms with Gasteiger partial charge in [-0.3, -0.25) is 9.59 Å². The van der Waals surface area contributed by atoms with Crippen LogP contribution in [0.4, 0.5) is 0 Å². The zero-order valence-electron chi connectivity index (χ0n) is 14.9. The summed E-state index contributed by atoms with van der Waals surface area (Å²) in [5.74, 6) is -0.0614. The van der Waals surface area contributed by atoms with E-state index in [0.717, 1.165) is 0 Å². The molecule has 27 heavy (non-hydrogen) atoms. The zero-order valence-corrected chi connectivity index (χ0v) is 14.9. The van der Waals surface area contributed by atoms with Crippen molar-refractivity contribution in [3.63, 3.8) is 0 Å². The highest BCUT2D eigenvalue weighted by Gasteiger charge is 2.44. The van der Waals surface area contributed by atoms with Gasteiger partial charge in [-0.25, -0.2) is 0 Å². The second-order valence-corrected chi connectivity index (χ2v) is 6.11. The second kappa shape index (κ2) is 6.83. The summed E-state index contributed by atoms with van der Waals surface area (Å²) in [7, 11) is 1.25. The summed E-state index contributed by atoms with van der Waals surface area (Å²) in [5.41, 5.74) is 0.927. The van der Waals surface area contributed by atoms with E-state index in [4.69, 9.17) is 23.7 Å². The van der Waals surface area contributed by atoms with Crippen LogP contribution < -0.4 is 18.9 Å². The van der Waals surface area contributed by atoms with Gasteiger partial charge in [-0.1, -0.05) is 6.07 Å². The molecule has 0 radical (unpaired) electrons. The molecule has 7 nitrogen and oxygen atoms in total. The predicted molar refractivity (Wildman–Crippen MR) is 93.4 cm³/mol. The predicted octanol–water partition coefficient (Wildman–Crippen LogP) is 2.92. The summed E-state index contributed by atoms with van der Waals surface area (Å²) < 4.78 is 27.1. The Morgan fingerprint density at radius 2 is 1.89 bits per heavy atom. The highest BCUT2D eigenvalue weighted by atomic mass is 16.7. The van der Waals surface area contributed by atoms with E-state index in [2.05, 4.69) is 0 Å². The first-order chi connectivity index (χ1) is 13.1. The minimum absolute atomic E-state index is 0.132. The molecule has 0 fully saturated rings. The minimum atomic E-state index is -1.13.